The van der Waals surface area contributed by atoms with E-state index in [2.05, 4.69) is 0 Å². The van der Waals surface area contributed by atoms with Gasteiger partial charge in [-0.2, -0.15) is 0 Å². The molecule has 2 aliphatic heterocycles. The highest BCUT2D eigenvalue weighted by Crippen LogP contribution is 2.43. The predicted octanol–water partition coefficient (Wildman–Crippen LogP) is 3.47. The second kappa shape index (κ2) is 8.51. The zero-order valence-electron chi connectivity index (χ0n) is 17.6. The Kier molecular flexibility index (Phi) is 5.62. The maximum Gasteiger partial charge on any atom is 0.338 e. The number of ether oxygens (including phenoxy) is 7. The summed E-state index contributed by atoms with van der Waals surface area (Å²) >= 11 is 0. The van der Waals surface area contributed by atoms with Gasteiger partial charge in [0.05, 0.1) is 34.0 Å². The molecule has 2 heterocycles. The van der Waals surface area contributed by atoms with E-state index in [1.807, 2.05) is 18.2 Å². The van der Waals surface area contributed by atoms with Crippen molar-refractivity contribution in [2.45, 2.75) is 0 Å². The first-order valence-corrected chi connectivity index (χ1v) is 9.45. The lowest BCUT2D eigenvalue weighted by Gasteiger charge is -2.13. The largest absolute Gasteiger partial charge is 0.493 e. The van der Waals surface area contributed by atoms with E-state index in [4.69, 9.17) is 33.2 Å². The molecule has 0 atom stereocenters. The van der Waals surface area contributed by atoms with Crippen molar-refractivity contribution in [2.24, 2.45) is 0 Å². The van der Waals surface area contributed by atoms with E-state index < -0.39 is 5.97 Å². The van der Waals surface area contributed by atoms with Gasteiger partial charge in [0.1, 0.15) is 6.61 Å². The zero-order valence-corrected chi connectivity index (χ0v) is 17.6. The van der Waals surface area contributed by atoms with Crippen molar-refractivity contribution in [3.63, 3.8) is 0 Å². The highest BCUT2D eigenvalue weighted by Gasteiger charge is 2.26. The van der Waals surface area contributed by atoms with Crippen molar-refractivity contribution < 1.29 is 38.0 Å². The van der Waals surface area contributed by atoms with Crippen LogP contribution in [0.4, 0.5) is 0 Å². The predicted molar refractivity (Wildman–Crippen MR) is 112 cm³/mol. The summed E-state index contributed by atoms with van der Waals surface area (Å²) in [6, 6.07) is 7.18. The minimum atomic E-state index is -0.410. The van der Waals surface area contributed by atoms with E-state index in [1.54, 1.807) is 25.3 Å². The van der Waals surface area contributed by atoms with Crippen LogP contribution in [0.1, 0.15) is 11.1 Å². The van der Waals surface area contributed by atoms with E-state index in [0.29, 0.717) is 45.6 Å². The number of hydrogen-bond acceptors (Lipinski definition) is 8. The van der Waals surface area contributed by atoms with Crippen LogP contribution in [0.15, 0.2) is 35.4 Å². The Morgan fingerprint density at radius 3 is 2.06 bits per heavy atom. The van der Waals surface area contributed by atoms with Crippen LogP contribution in [0.5, 0.6) is 34.5 Å². The summed E-state index contributed by atoms with van der Waals surface area (Å²) < 4.78 is 37.7. The molecule has 0 saturated carbocycles. The average Bonchev–Trinajstić information content (AvgIpc) is 3.39. The number of benzene rings is 2. The minimum Gasteiger partial charge on any atom is -0.493 e. The van der Waals surface area contributed by atoms with E-state index in [1.165, 1.54) is 21.3 Å². The molecule has 2 aliphatic rings. The van der Waals surface area contributed by atoms with Crippen LogP contribution in [-0.4, -0.2) is 47.8 Å². The van der Waals surface area contributed by atoms with E-state index >= 15 is 0 Å². The van der Waals surface area contributed by atoms with Crippen molar-refractivity contribution in [2.75, 3.05) is 41.8 Å². The Balaban J connectivity index is 1.75. The molecule has 4 rings (SSSR count). The van der Waals surface area contributed by atoms with Gasteiger partial charge in [-0.15, -0.1) is 0 Å². The van der Waals surface area contributed by atoms with Crippen molar-refractivity contribution in [1.82, 2.24) is 0 Å². The third kappa shape index (κ3) is 3.84. The second-order valence-corrected chi connectivity index (χ2v) is 6.72. The fraction of sp³-hybridized carbons (Fsp3) is 0.261. The summed E-state index contributed by atoms with van der Waals surface area (Å²) in [7, 11) is 6.17. The molecule has 0 N–H and O–H groups in total. The first-order chi connectivity index (χ1) is 15.1. The minimum absolute atomic E-state index is 0.138. The van der Waals surface area contributed by atoms with Gasteiger partial charge in [-0.05, 0) is 47.5 Å². The number of methoxy groups -OCH3 is 4. The molecule has 1 saturated heterocycles. The number of hydrogen-bond donors (Lipinski definition) is 0. The molecule has 0 spiro atoms. The van der Waals surface area contributed by atoms with Gasteiger partial charge in [0, 0.05) is 5.57 Å². The van der Waals surface area contributed by atoms with Gasteiger partial charge in [-0.3, -0.25) is 0 Å². The first-order valence-electron chi connectivity index (χ1n) is 9.45. The molecular formula is C23H22O8. The van der Waals surface area contributed by atoms with Crippen LogP contribution in [0, 0.1) is 0 Å². The summed E-state index contributed by atoms with van der Waals surface area (Å²) in [5.41, 5.74) is 2.66. The average molecular weight is 426 g/mol. The molecular weight excluding hydrogens is 404 g/mol. The van der Waals surface area contributed by atoms with Crippen LogP contribution in [0.2, 0.25) is 0 Å². The molecule has 0 bridgehead atoms. The van der Waals surface area contributed by atoms with E-state index in [9.17, 15) is 4.79 Å². The molecule has 0 radical (unpaired) electrons. The number of fused-ring (bicyclic) bond motifs is 1. The molecule has 0 aromatic heterocycles. The molecule has 2 aromatic carbocycles. The summed E-state index contributed by atoms with van der Waals surface area (Å²) in [5.74, 6) is 2.76. The van der Waals surface area contributed by atoms with E-state index in [0.717, 1.165) is 11.1 Å². The lowest BCUT2D eigenvalue weighted by molar-refractivity contribution is -0.134. The molecule has 162 valence electrons. The SMILES string of the molecule is COc1cc(/C=C2/C(=O)OC/C2=C/c2cc(OC)c3c(c2)OCO3)cc(OC)c1OC. The van der Waals surface area contributed by atoms with Gasteiger partial charge in [-0.25, -0.2) is 4.79 Å². The summed E-state index contributed by atoms with van der Waals surface area (Å²) in [6.45, 7) is 0.297. The molecule has 1 fully saturated rings. The third-order valence-electron chi connectivity index (χ3n) is 4.94. The molecule has 2 aromatic rings. The maximum atomic E-state index is 12.4. The number of rotatable bonds is 6. The number of carbonyl (C=O) groups is 1. The fourth-order valence-electron chi connectivity index (χ4n) is 3.49. The van der Waals surface area contributed by atoms with Crippen molar-refractivity contribution >= 4 is 18.1 Å². The Labute approximate surface area is 179 Å². The van der Waals surface area contributed by atoms with Crippen molar-refractivity contribution in [3.8, 4) is 34.5 Å². The normalized spacial score (nSPS) is 17.1. The van der Waals surface area contributed by atoms with Gasteiger partial charge in [0.25, 0.3) is 0 Å². The molecule has 0 amide bonds. The first kappa shape index (κ1) is 20.5. The number of esters is 1. The molecule has 0 unspecified atom stereocenters. The zero-order chi connectivity index (χ0) is 22.0. The fourth-order valence-corrected chi connectivity index (χ4v) is 3.49. The smallest absolute Gasteiger partial charge is 0.338 e. The second-order valence-electron chi connectivity index (χ2n) is 6.72. The van der Waals surface area contributed by atoms with Crippen molar-refractivity contribution in [3.05, 3.63) is 46.5 Å². The molecule has 31 heavy (non-hydrogen) atoms. The highest BCUT2D eigenvalue weighted by atomic mass is 16.7. The van der Waals surface area contributed by atoms with Crippen LogP contribution < -0.4 is 28.4 Å². The Morgan fingerprint density at radius 2 is 1.42 bits per heavy atom. The molecule has 8 nitrogen and oxygen atoms in total. The Bertz CT molecular complexity index is 1060. The Morgan fingerprint density at radius 1 is 0.774 bits per heavy atom. The maximum absolute atomic E-state index is 12.4. The van der Waals surface area contributed by atoms with Gasteiger partial charge >= 0.3 is 5.97 Å². The van der Waals surface area contributed by atoms with E-state index in [-0.39, 0.29) is 13.4 Å². The van der Waals surface area contributed by atoms with Crippen LogP contribution in [0.3, 0.4) is 0 Å². The number of cyclic esters (lactones) is 1. The summed E-state index contributed by atoms with van der Waals surface area (Å²) in [6.07, 6.45) is 3.59. The van der Waals surface area contributed by atoms with Gasteiger partial charge in [0.2, 0.25) is 18.3 Å². The number of carbonyl (C=O) groups excluding carboxylic acids is 1. The summed E-state index contributed by atoms with van der Waals surface area (Å²) in [5, 5.41) is 0. The lowest BCUT2D eigenvalue weighted by Crippen LogP contribution is -1.98. The topological polar surface area (TPSA) is 81.7 Å². The van der Waals surface area contributed by atoms with Gasteiger partial charge in [0.15, 0.2) is 23.0 Å². The quantitative estimate of drug-likeness (QED) is 0.513. The van der Waals surface area contributed by atoms with Gasteiger partial charge in [-0.1, -0.05) is 0 Å². The van der Waals surface area contributed by atoms with Crippen LogP contribution in [0.25, 0.3) is 12.2 Å². The lowest BCUT2D eigenvalue weighted by atomic mass is 10.0. The van der Waals surface area contributed by atoms with Gasteiger partial charge < -0.3 is 33.2 Å². The standard InChI is InChI=1S/C23H22O8/c1-25-17-8-14(9-18(26-2)21(17)28-4)6-16-15(11-29-23(16)24)5-13-7-19(27-3)22-20(10-13)30-12-31-22/h5-10H,11-12H2,1-4H3/b15-5-,16-6+. The van der Waals surface area contributed by atoms with Crippen LogP contribution >= 0.6 is 0 Å². The monoisotopic (exact) mass is 426 g/mol. The molecule has 8 heteroatoms. The van der Waals surface area contributed by atoms with Crippen molar-refractivity contribution in [1.29, 1.82) is 0 Å². The third-order valence-corrected chi connectivity index (χ3v) is 4.94. The van der Waals surface area contributed by atoms with Crippen LogP contribution in [-0.2, 0) is 9.53 Å². The molecule has 0 aliphatic carbocycles. The summed E-state index contributed by atoms with van der Waals surface area (Å²) in [4.78, 5) is 12.4. The highest BCUT2D eigenvalue weighted by molar-refractivity contribution is 6.03. The Hall–Kier alpha value is -3.81.